The van der Waals surface area contributed by atoms with Gasteiger partial charge in [0.2, 0.25) is 0 Å². The maximum absolute atomic E-state index is 12.1. The molecule has 1 aromatic heterocycles. The van der Waals surface area contributed by atoms with Crippen LogP contribution < -0.4 is 0 Å². The first-order chi connectivity index (χ1) is 10.7. The lowest BCUT2D eigenvalue weighted by Gasteiger charge is -2.22. The lowest BCUT2D eigenvalue weighted by molar-refractivity contribution is -0.0300. The smallest absolute Gasteiger partial charge is 0.338 e. The monoisotopic (exact) mass is 302 g/mol. The summed E-state index contributed by atoms with van der Waals surface area (Å²) in [6.45, 7) is 2.96. The molecule has 1 saturated heterocycles. The number of carbonyl (C=O) groups is 1. The summed E-state index contributed by atoms with van der Waals surface area (Å²) in [7, 11) is 0. The van der Waals surface area contributed by atoms with Gasteiger partial charge in [-0.2, -0.15) is 0 Å². The van der Waals surface area contributed by atoms with Crippen LogP contribution in [-0.4, -0.2) is 45.5 Å². The summed E-state index contributed by atoms with van der Waals surface area (Å²) >= 11 is 0. The Morgan fingerprint density at radius 1 is 1.45 bits per heavy atom. The molecule has 1 aromatic carbocycles. The summed E-state index contributed by atoms with van der Waals surface area (Å²) in [5, 5.41) is 11.1. The normalized spacial score (nSPS) is 18.1. The van der Waals surface area contributed by atoms with Crippen molar-refractivity contribution in [3.05, 3.63) is 35.7 Å². The molecule has 1 atom stereocenters. The molecule has 0 radical (unpaired) electrons. The number of aromatic nitrogens is 4. The number of esters is 1. The molecule has 1 aliphatic rings. The molecule has 0 aliphatic carbocycles. The zero-order valence-corrected chi connectivity index (χ0v) is 12.4. The van der Waals surface area contributed by atoms with E-state index in [1.807, 2.05) is 6.92 Å². The van der Waals surface area contributed by atoms with Crippen LogP contribution in [0.2, 0.25) is 0 Å². The van der Waals surface area contributed by atoms with Crippen molar-refractivity contribution in [2.24, 2.45) is 0 Å². The van der Waals surface area contributed by atoms with Gasteiger partial charge in [-0.25, -0.2) is 9.48 Å². The number of aryl methyl sites for hydroxylation is 1. The van der Waals surface area contributed by atoms with Crippen molar-refractivity contribution in [1.82, 2.24) is 20.2 Å². The Labute approximate surface area is 128 Å². The second kappa shape index (κ2) is 6.65. The van der Waals surface area contributed by atoms with Gasteiger partial charge in [-0.3, -0.25) is 0 Å². The quantitative estimate of drug-likeness (QED) is 0.800. The summed E-state index contributed by atoms with van der Waals surface area (Å²) < 4.78 is 12.5. The molecule has 0 spiro atoms. The van der Waals surface area contributed by atoms with Crippen LogP contribution in [0, 0.1) is 6.92 Å². The molecule has 0 bridgehead atoms. The summed E-state index contributed by atoms with van der Waals surface area (Å²) in [6.07, 6.45) is 4.70. The summed E-state index contributed by atoms with van der Waals surface area (Å²) in [6, 6.07) is 5.30. The van der Waals surface area contributed by atoms with E-state index in [-0.39, 0.29) is 12.1 Å². The van der Waals surface area contributed by atoms with E-state index in [4.69, 9.17) is 9.47 Å². The van der Waals surface area contributed by atoms with Crippen LogP contribution in [0.15, 0.2) is 24.5 Å². The largest absolute Gasteiger partial charge is 0.459 e. The van der Waals surface area contributed by atoms with Crippen molar-refractivity contribution in [2.45, 2.75) is 32.3 Å². The average Bonchev–Trinajstić information content (AvgIpc) is 3.07. The third kappa shape index (κ3) is 3.30. The standard InChI is InChI=1S/C15H18N4O3/c1-11-8-12(5-6-14(11)19-10-16-17-18-19)15(20)22-9-13-4-2-3-7-21-13/h5-6,8,10,13H,2-4,7,9H2,1H3. The van der Waals surface area contributed by atoms with Crippen LogP contribution in [0.3, 0.4) is 0 Å². The minimum Gasteiger partial charge on any atom is -0.459 e. The zero-order chi connectivity index (χ0) is 15.4. The van der Waals surface area contributed by atoms with E-state index in [0.717, 1.165) is 37.1 Å². The molecule has 0 amide bonds. The molecule has 1 aliphatic heterocycles. The number of benzene rings is 1. The minimum atomic E-state index is -0.333. The molecule has 22 heavy (non-hydrogen) atoms. The van der Waals surface area contributed by atoms with Gasteiger partial charge in [-0.05, 0) is 60.4 Å². The van der Waals surface area contributed by atoms with Gasteiger partial charge in [0, 0.05) is 6.61 Å². The molecular formula is C15H18N4O3. The van der Waals surface area contributed by atoms with Crippen LogP contribution in [-0.2, 0) is 9.47 Å². The van der Waals surface area contributed by atoms with E-state index in [1.165, 1.54) is 6.33 Å². The number of nitrogens with zero attached hydrogens (tertiary/aromatic N) is 4. The van der Waals surface area contributed by atoms with Crippen molar-refractivity contribution < 1.29 is 14.3 Å². The predicted molar refractivity (Wildman–Crippen MR) is 77.8 cm³/mol. The van der Waals surface area contributed by atoms with Crippen molar-refractivity contribution >= 4 is 5.97 Å². The van der Waals surface area contributed by atoms with Gasteiger partial charge in [0.1, 0.15) is 12.9 Å². The number of hydrogen-bond donors (Lipinski definition) is 0. The van der Waals surface area contributed by atoms with Gasteiger partial charge in [-0.15, -0.1) is 5.10 Å². The third-order valence-corrected chi connectivity index (χ3v) is 3.70. The van der Waals surface area contributed by atoms with Gasteiger partial charge in [0.15, 0.2) is 0 Å². The van der Waals surface area contributed by atoms with Crippen LogP contribution in [0.25, 0.3) is 5.69 Å². The molecule has 1 fully saturated rings. The Hall–Kier alpha value is -2.28. The van der Waals surface area contributed by atoms with E-state index in [1.54, 1.807) is 22.9 Å². The minimum absolute atomic E-state index is 0.0271. The average molecular weight is 302 g/mol. The fraction of sp³-hybridized carbons (Fsp3) is 0.467. The molecule has 116 valence electrons. The Morgan fingerprint density at radius 2 is 2.36 bits per heavy atom. The highest BCUT2D eigenvalue weighted by molar-refractivity contribution is 5.90. The molecule has 2 aromatic rings. The van der Waals surface area contributed by atoms with Gasteiger partial charge in [-0.1, -0.05) is 0 Å². The van der Waals surface area contributed by atoms with Gasteiger partial charge >= 0.3 is 5.97 Å². The van der Waals surface area contributed by atoms with Crippen molar-refractivity contribution in [1.29, 1.82) is 0 Å². The van der Waals surface area contributed by atoms with E-state index < -0.39 is 0 Å². The molecule has 0 saturated carbocycles. The number of hydrogen-bond acceptors (Lipinski definition) is 6. The van der Waals surface area contributed by atoms with Crippen molar-refractivity contribution in [2.75, 3.05) is 13.2 Å². The highest BCUT2D eigenvalue weighted by Crippen LogP contribution is 2.17. The van der Waals surface area contributed by atoms with E-state index in [0.29, 0.717) is 12.2 Å². The fourth-order valence-corrected chi connectivity index (χ4v) is 2.50. The maximum atomic E-state index is 12.1. The maximum Gasteiger partial charge on any atom is 0.338 e. The number of tetrazole rings is 1. The zero-order valence-electron chi connectivity index (χ0n) is 12.4. The van der Waals surface area contributed by atoms with Crippen molar-refractivity contribution in [3.63, 3.8) is 0 Å². The first-order valence-electron chi connectivity index (χ1n) is 7.37. The molecule has 2 heterocycles. The number of carbonyl (C=O) groups excluding carboxylic acids is 1. The number of rotatable bonds is 4. The third-order valence-electron chi connectivity index (χ3n) is 3.70. The number of ether oxygens (including phenoxy) is 2. The highest BCUT2D eigenvalue weighted by atomic mass is 16.6. The molecule has 7 nitrogen and oxygen atoms in total. The predicted octanol–water partition coefficient (Wildman–Crippen LogP) is 1.70. The second-order valence-electron chi connectivity index (χ2n) is 5.34. The Balaban J connectivity index is 1.64. The molecule has 1 unspecified atom stereocenters. The summed E-state index contributed by atoms with van der Waals surface area (Å²) in [4.78, 5) is 12.1. The Kier molecular flexibility index (Phi) is 4.43. The molecule has 0 N–H and O–H groups in total. The van der Waals surface area contributed by atoms with Crippen LogP contribution in [0.4, 0.5) is 0 Å². The first-order valence-corrected chi connectivity index (χ1v) is 7.37. The van der Waals surface area contributed by atoms with Crippen LogP contribution in [0.1, 0.15) is 35.2 Å². The van der Waals surface area contributed by atoms with Crippen LogP contribution >= 0.6 is 0 Å². The second-order valence-corrected chi connectivity index (χ2v) is 5.34. The van der Waals surface area contributed by atoms with Gasteiger partial charge < -0.3 is 9.47 Å². The fourth-order valence-electron chi connectivity index (χ4n) is 2.50. The highest BCUT2D eigenvalue weighted by Gasteiger charge is 2.17. The molecule has 7 heteroatoms. The van der Waals surface area contributed by atoms with E-state index in [9.17, 15) is 4.79 Å². The first kappa shape index (κ1) is 14.6. The van der Waals surface area contributed by atoms with Crippen molar-refractivity contribution in [3.8, 4) is 5.69 Å². The SMILES string of the molecule is Cc1cc(C(=O)OCC2CCCCO2)ccc1-n1cnnn1. The Morgan fingerprint density at radius 3 is 3.05 bits per heavy atom. The van der Waals surface area contributed by atoms with Gasteiger partial charge in [0.25, 0.3) is 0 Å². The van der Waals surface area contributed by atoms with E-state index >= 15 is 0 Å². The molecule has 3 rings (SSSR count). The lowest BCUT2D eigenvalue weighted by Crippen LogP contribution is -2.26. The van der Waals surface area contributed by atoms with E-state index in [2.05, 4.69) is 15.5 Å². The van der Waals surface area contributed by atoms with Crippen LogP contribution in [0.5, 0.6) is 0 Å². The molecular weight excluding hydrogens is 284 g/mol. The lowest BCUT2D eigenvalue weighted by atomic mass is 10.1. The summed E-state index contributed by atoms with van der Waals surface area (Å²) in [5.74, 6) is -0.333. The van der Waals surface area contributed by atoms with Gasteiger partial charge in [0.05, 0.1) is 17.4 Å². The summed E-state index contributed by atoms with van der Waals surface area (Å²) in [5.41, 5.74) is 2.25. The topological polar surface area (TPSA) is 79.1 Å². The Bertz CT molecular complexity index is 636.